The Labute approximate surface area is 108 Å². The number of carboxylic acid groups (broad SMARTS) is 1. The van der Waals surface area contributed by atoms with E-state index in [0.29, 0.717) is 19.4 Å². The molecule has 0 saturated heterocycles. The Morgan fingerprint density at radius 2 is 1.78 bits per heavy atom. The number of carboxylic acids is 1. The Morgan fingerprint density at radius 3 is 2.33 bits per heavy atom. The highest BCUT2D eigenvalue weighted by atomic mass is 16.4. The number of hydrogen-bond acceptors (Lipinski definition) is 3. The molecule has 5 heteroatoms. The lowest BCUT2D eigenvalue weighted by Crippen LogP contribution is -2.35. The molecule has 1 rings (SSSR count). The standard InChI is InChI=1S/C13H23NO4/c15-8-4-7-14-11(16)9-13(10-12(17)18)5-2-1-3-6-13/h15H,1-10H2,(H,14,16)(H,17,18). The summed E-state index contributed by atoms with van der Waals surface area (Å²) < 4.78 is 0. The number of nitrogens with one attached hydrogen (secondary N) is 1. The molecule has 0 aromatic heterocycles. The number of aliphatic hydroxyl groups excluding tert-OH is 1. The molecule has 0 spiro atoms. The number of aliphatic carboxylic acids is 1. The van der Waals surface area contributed by atoms with Gasteiger partial charge in [-0.15, -0.1) is 0 Å². The summed E-state index contributed by atoms with van der Waals surface area (Å²) in [4.78, 5) is 22.7. The molecule has 0 aromatic carbocycles. The van der Waals surface area contributed by atoms with Crippen molar-refractivity contribution in [2.75, 3.05) is 13.2 Å². The average Bonchev–Trinajstić information content (AvgIpc) is 2.29. The molecule has 1 amide bonds. The molecule has 0 radical (unpaired) electrons. The molecule has 104 valence electrons. The first-order chi connectivity index (χ1) is 8.58. The van der Waals surface area contributed by atoms with Gasteiger partial charge in [0.25, 0.3) is 0 Å². The second kappa shape index (κ2) is 7.36. The first kappa shape index (κ1) is 15.0. The van der Waals surface area contributed by atoms with Gasteiger partial charge >= 0.3 is 5.97 Å². The van der Waals surface area contributed by atoms with Gasteiger partial charge in [0.05, 0.1) is 6.42 Å². The van der Waals surface area contributed by atoms with Gasteiger partial charge in [-0.05, 0) is 24.7 Å². The van der Waals surface area contributed by atoms with Crippen LogP contribution in [0.5, 0.6) is 0 Å². The van der Waals surface area contributed by atoms with Gasteiger partial charge in [0.15, 0.2) is 0 Å². The van der Waals surface area contributed by atoms with E-state index in [4.69, 9.17) is 10.2 Å². The number of carbonyl (C=O) groups excluding carboxylic acids is 1. The first-order valence-corrected chi connectivity index (χ1v) is 6.67. The lowest BCUT2D eigenvalue weighted by Gasteiger charge is -2.35. The Morgan fingerprint density at radius 1 is 1.11 bits per heavy atom. The molecule has 0 aromatic rings. The van der Waals surface area contributed by atoms with Crippen LogP contribution < -0.4 is 5.32 Å². The fourth-order valence-corrected chi connectivity index (χ4v) is 2.75. The van der Waals surface area contributed by atoms with E-state index in [-0.39, 0.29) is 24.3 Å². The number of aliphatic hydroxyl groups is 1. The summed E-state index contributed by atoms with van der Waals surface area (Å²) in [5.41, 5.74) is -0.354. The Bertz CT molecular complexity index is 285. The fraction of sp³-hybridized carbons (Fsp3) is 0.846. The van der Waals surface area contributed by atoms with Crippen LogP contribution in [0.3, 0.4) is 0 Å². The van der Waals surface area contributed by atoms with Crippen molar-refractivity contribution in [2.24, 2.45) is 5.41 Å². The maximum atomic E-state index is 11.8. The zero-order chi connectivity index (χ0) is 13.4. The molecule has 0 bridgehead atoms. The number of amides is 1. The van der Waals surface area contributed by atoms with Crippen molar-refractivity contribution in [3.8, 4) is 0 Å². The summed E-state index contributed by atoms with van der Waals surface area (Å²) in [6.45, 7) is 0.513. The quantitative estimate of drug-likeness (QED) is 0.600. The van der Waals surface area contributed by atoms with Crippen LogP contribution in [0.1, 0.15) is 51.4 Å². The minimum atomic E-state index is -0.819. The van der Waals surface area contributed by atoms with Gasteiger partial charge in [-0.25, -0.2) is 0 Å². The van der Waals surface area contributed by atoms with Crippen LogP contribution in [0.2, 0.25) is 0 Å². The van der Waals surface area contributed by atoms with Crippen LogP contribution in [-0.2, 0) is 9.59 Å². The zero-order valence-electron chi connectivity index (χ0n) is 10.8. The smallest absolute Gasteiger partial charge is 0.303 e. The minimum Gasteiger partial charge on any atom is -0.481 e. The molecule has 1 saturated carbocycles. The number of rotatable bonds is 7. The van der Waals surface area contributed by atoms with Crippen molar-refractivity contribution >= 4 is 11.9 Å². The molecule has 1 aliphatic carbocycles. The first-order valence-electron chi connectivity index (χ1n) is 6.67. The van der Waals surface area contributed by atoms with Gasteiger partial charge in [0.1, 0.15) is 0 Å². The Kier molecular flexibility index (Phi) is 6.12. The van der Waals surface area contributed by atoms with Crippen molar-refractivity contribution in [1.82, 2.24) is 5.32 Å². The van der Waals surface area contributed by atoms with Crippen molar-refractivity contribution in [1.29, 1.82) is 0 Å². The van der Waals surface area contributed by atoms with Crippen molar-refractivity contribution < 1.29 is 19.8 Å². The molecule has 0 atom stereocenters. The maximum Gasteiger partial charge on any atom is 0.303 e. The summed E-state index contributed by atoms with van der Waals surface area (Å²) in [6.07, 6.45) is 5.73. The van der Waals surface area contributed by atoms with Crippen LogP contribution in [0.4, 0.5) is 0 Å². The van der Waals surface area contributed by atoms with E-state index in [9.17, 15) is 9.59 Å². The van der Waals surface area contributed by atoms with E-state index >= 15 is 0 Å². The molecule has 1 fully saturated rings. The molecule has 0 unspecified atom stereocenters. The topological polar surface area (TPSA) is 86.6 Å². The minimum absolute atomic E-state index is 0.0561. The van der Waals surface area contributed by atoms with Gasteiger partial charge in [0, 0.05) is 19.6 Å². The Hall–Kier alpha value is -1.10. The number of carbonyl (C=O) groups is 2. The zero-order valence-corrected chi connectivity index (χ0v) is 10.8. The summed E-state index contributed by atoms with van der Waals surface area (Å²) in [5.74, 6) is -0.911. The van der Waals surface area contributed by atoms with E-state index in [1.807, 2.05) is 0 Å². The predicted octanol–water partition coefficient (Wildman–Crippen LogP) is 1.30. The van der Waals surface area contributed by atoms with E-state index in [2.05, 4.69) is 5.32 Å². The van der Waals surface area contributed by atoms with Crippen molar-refractivity contribution in [2.45, 2.75) is 51.4 Å². The largest absolute Gasteiger partial charge is 0.481 e. The van der Waals surface area contributed by atoms with E-state index in [1.54, 1.807) is 0 Å². The van der Waals surface area contributed by atoms with Crippen molar-refractivity contribution in [3.63, 3.8) is 0 Å². The molecular formula is C13H23NO4. The SMILES string of the molecule is O=C(O)CC1(CC(=O)NCCCO)CCCCC1. The molecular weight excluding hydrogens is 234 g/mol. The molecule has 3 N–H and O–H groups in total. The fourth-order valence-electron chi connectivity index (χ4n) is 2.75. The maximum absolute atomic E-state index is 11.8. The highest BCUT2D eigenvalue weighted by molar-refractivity contribution is 5.78. The highest BCUT2D eigenvalue weighted by Gasteiger charge is 2.36. The third kappa shape index (κ3) is 5.04. The van der Waals surface area contributed by atoms with E-state index < -0.39 is 5.97 Å². The molecule has 0 aliphatic heterocycles. The summed E-state index contributed by atoms with van der Waals surface area (Å²) in [7, 11) is 0. The van der Waals surface area contributed by atoms with Crippen LogP contribution >= 0.6 is 0 Å². The summed E-state index contributed by atoms with van der Waals surface area (Å²) in [5, 5.41) is 20.4. The second-order valence-electron chi connectivity index (χ2n) is 5.24. The molecule has 0 heterocycles. The summed E-state index contributed by atoms with van der Waals surface area (Å²) in [6, 6.07) is 0. The molecule has 18 heavy (non-hydrogen) atoms. The average molecular weight is 257 g/mol. The van der Waals surface area contributed by atoms with Crippen LogP contribution in [0.15, 0.2) is 0 Å². The van der Waals surface area contributed by atoms with Crippen LogP contribution in [-0.4, -0.2) is 35.2 Å². The van der Waals surface area contributed by atoms with Crippen LogP contribution in [0.25, 0.3) is 0 Å². The lowest BCUT2D eigenvalue weighted by atomic mass is 9.69. The highest BCUT2D eigenvalue weighted by Crippen LogP contribution is 2.42. The van der Waals surface area contributed by atoms with E-state index in [1.165, 1.54) is 0 Å². The Balaban J connectivity index is 2.49. The third-order valence-electron chi connectivity index (χ3n) is 3.63. The van der Waals surface area contributed by atoms with Gasteiger partial charge in [-0.2, -0.15) is 0 Å². The second-order valence-corrected chi connectivity index (χ2v) is 5.24. The van der Waals surface area contributed by atoms with Crippen LogP contribution in [0, 0.1) is 5.41 Å². The molecule has 1 aliphatic rings. The monoisotopic (exact) mass is 257 g/mol. The normalized spacial score (nSPS) is 18.3. The van der Waals surface area contributed by atoms with Crippen molar-refractivity contribution in [3.05, 3.63) is 0 Å². The summed E-state index contributed by atoms with van der Waals surface area (Å²) >= 11 is 0. The van der Waals surface area contributed by atoms with Gasteiger partial charge in [0.2, 0.25) is 5.91 Å². The van der Waals surface area contributed by atoms with E-state index in [0.717, 1.165) is 32.1 Å². The lowest BCUT2D eigenvalue weighted by molar-refractivity contribution is -0.141. The third-order valence-corrected chi connectivity index (χ3v) is 3.63. The molecule has 5 nitrogen and oxygen atoms in total. The predicted molar refractivity (Wildman–Crippen MR) is 67.1 cm³/mol. The van der Waals surface area contributed by atoms with Gasteiger partial charge < -0.3 is 15.5 Å². The number of hydrogen-bond donors (Lipinski definition) is 3. The van der Waals surface area contributed by atoms with Gasteiger partial charge in [-0.1, -0.05) is 19.3 Å². The van der Waals surface area contributed by atoms with Gasteiger partial charge in [-0.3, -0.25) is 9.59 Å².